The number of ether oxygens (including phenoxy) is 1. The van der Waals surface area contributed by atoms with Gasteiger partial charge in [-0.2, -0.15) is 0 Å². The van der Waals surface area contributed by atoms with Gasteiger partial charge in [-0.05, 0) is 57.1 Å². The first kappa shape index (κ1) is 19.9. The standard InChI is InChI=1S/C24H33N3O3/c1-2-30-23(29)26-16-8-18(9-17-26)25-14-10-19(11-15-25)27-21-7-4-3-6-20(21)24(22(27)28)12-5-13-24/h3-4,6-7,18-19H,2,5,8-17H2,1H3. The van der Waals surface area contributed by atoms with Gasteiger partial charge in [0.1, 0.15) is 0 Å². The molecule has 1 saturated carbocycles. The predicted octanol–water partition coefficient (Wildman–Crippen LogP) is 3.54. The first-order valence-electron chi connectivity index (χ1n) is 11.7. The lowest BCUT2D eigenvalue weighted by Crippen LogP contribution is -2.54. The molecule has 5 rings (SSSR count). The second kappa shape index (κ2) is 7.88. The van der Waals surface area contributed by atoms with Gasteiger partial charge in [0, 0.05) is 44.0 Å². The van der Waals surface area contributed by atoms with Crippen LogP contribution in [0.5, 0.6) is 0 Å². The molecule has 1 aromatic carbocycles. The summed E-state index contributed by atoms with van der Waals surface area (Å²) in [6.07, 6.45) is 7.11. The summed E-state index contributed by atoms with van der Waals surface area (Å²) in [5.74, 6) is 0.358. The van der Waals surface area contributed by atoms with Crippen LogP contribution in [0.25, 0.3) is 0 Å². The third kappa shape index (κ3) is 3.11. The van der Waals surface area contributed by atoms with Gasteiger partial charge in [0.15, 0.2) is 0 Å². The molecule has 0 radical (unpaired) electrons. The van der Waals surface area contributed by atoms with Crippen LogP contribution in [0.15, 0.2) is 24.3 Å². The third-order valence-corrected chi connectivity index (χ3v) is 7.89. The fraction of sp³-hybridized carbons (Fsp3) is 0.667. The summed E-state index contributed by atoms with van der Waals surface area (Å²) in [6.45, 7) is 5.92. The van der Waals surface area contributed by atoms with Crippen molar-refractivity contribution < 1.29 is 14.3 Å². The van der Waals surface area contributed by atoms with Crippen LogP contribution in [0.1, 0.15) is 57.4 Å². The van der Waals surface area contributed by atoms with Crippen molar-refractivity contribution in [1.82, 2.24) is 9.80 Å². The molecule has 3 aliphatic heterocycles. The van der Waals surface area contributed by atoms with Crippen LogP contribution in [0.4, 0.5) is 10.5 Å². The van der Waals surface area contributed by atoms with Crippen LogP contribution in [0.3, 0.4) is 0 Å². The van der Waals surface area contributed by atoms with Crippen LogP contribution < -0.4 is 4.90 Å². The Kier molecular flexibility index (Phi) is 5.21. The summed E-state index contributed by atoms with van der Waals surface area (Å²) in [5, 5.41) is 0. The van der Waals surface area contributed by atoms with E-state index in [0.717, 1.165) is 71.1 Å². The van der Waals surface area contributed by atoms with Crippen LogP contribution in [0.2, 0.25) is 0 Å². The van der Waals surface area contributed by atoms with Gasteiger partial charge < -0.3 is 19.4 Å². The Labute approximate surface area is 179 Å². The summed E-state index contributed by atoms with van der Waals surface area (Å²) in [6, 6.07) is 9.34. The first-order valence-corrected chi connectivity index (χ1v) is 11.7. The molecule has 162 valence electrons. The van der Waals surface area contributed by atoms with Gasteiger partial charge in [-0.3, -0.25) is 4.79 Å². The van der Waals surface area contributed by atoms with Crippen molar-refractivity contribution in [2.24, 2.45) is 0 Å². The first-order chi connectivity index (χ1) is 14.6. The number of hydrogen-bond acceptors (Lipinski definition) is 4. The van der Waals surface area contributed by atoms with E-state index in [4.69, 9.17) is 4.74 Å². The number of piperidine rings is 2. The van der Waals surface area contributed by atoms with Crippen molar-refractivity contribution in [1.29, 1.82) is 0 Å². The lowest BCUT2D eigenvalue weighted by atomic mass is 9.65. The number of amides is 2. The summed E-state index contributed by atoms with van der Waals surface area (Å²) in [5.41, 5.74) is 2.23. The SMILES string of the molecule is CCOC(=O)N1CCC(N2CCC(N3C(=O)C4(CCC4)c4ccccc43)CC2)CC1. The Morgan fingerprint density at radius 3 is 2.33 bits per heavy atom. The molecule has 4 aliphatic rings. The Balaban J connectivity index is 1.20. The Bertz CT molecular complexity index is 806. The van der Waals surface area contributed by atoms with Crippen LogP contribution in [-0.2, 0) is 14.9 Å². The highest BCUT2D eigenvalue weighted by Crippen LogP contribution is 2.54. The van der Waals surface area contributed by atoms with E-state index in [0.29, 0.717) is 24.6 Å². The number of nitrogens with zero attached hydrogens (tertiary/aromatic N) is 3. The normalized spacial score (nSPS) is 24.8. The monoisotopic (exact) mass is 411 g/mol. The van der Waals surface area contributed by atoms with Gasteiger partial charge >= 0.3 is 6.09 Å². The minimum absolute atomic E-state index is 0.175. The number of carbonyl (C=O) groups excluding carboxylic acids is 2. The van der Waals surface area contributed by atoms with E-state index in [1.54, 1.807) is 0 Å². The molecule has 3 fully saturated rings. The maximum Gasteiger partial charge on any atom is 0.409 e. The highest BCUT2D eigenvalue weighted by atomic mass is 16.6. The van der Waals surface area contributed by atoms with Crippen LogP contribution in [-0.4, -0.2) is 66.7 Å². The highest BCUT2D eigenvalue weighted by Gasteiger charge is 2.55. The average molecular weight is 412 g/mol. The summed E-state index contributed by atoms with van der Waals surface area (Å²) in [4.78, 5) is 32.0. The van der Waals surface area contributed by atoms with Gasteiger partial charge in [-0.1, -0.05) is 24.6 Å². The molecule has 0 bridgehead atoms. The molecular formula is C24H33N3O3. The van der Waals surface area contributed by atoms with Gasteiger partial charge in [0.25, 0.3) is 0 Å². The van der Waals surface area contributed by atoms with Crippen molar-refractivity contribution in [2.45, 2.75) is 69.4 Å². The molecule has 30 heavy (non-hydrogen) atoms. The molecule has 1 spiro atoms. The molecule has 2 saturated heterocycles. The van der Waals surface area contributed by atoms with E-state index in [9.17, 15) is 9.59 Å². The minimum Gasteiger partial charge on any atom is -0.450 e. The van der Waals surface area contributed by atoms with Crippen molar-refractivity contribution >= 4 is 17.7 Å². The molecule has 0 atom stereocenters. The molecule has 0 unspecified atom stereocenters. The smallest absolute Gasteiger partial charge is 0.409 e. The molecule has 1 aromatic rings. The van der Waals surface area contributed by atoms with E-state index < -0.39 is 0 Å². The maximum absolute atomic E-state index is 13.5. The van der Waals surface area contributed by atoms with E-state index in [2.05, 4.69) is 34.1 Å². The summed E-state index contributed by atoms with van der Waals surface area (Å²) in [7, 11) is 0. The molecule has 1 aliphatic carbocycles. The average Bonchev–Trinajstić information content (AvgIpc) is 3.02. The summed E-state index contributed by atoms with van der Waals surface area (Å²) >= 11 is 0. The quantitative estimate of drug-likeness (QED) is 0.763. The lowest BCUT2D eigenvalue weighted by molar-refractivity contribution is -0.126. The number of benzene rings is 1. The number of likely N-dealkylation sites (tertiary alicyclic amines) is 2. The zero-order chi connectivity index (χ0) is 20.7. The van der Waals surface area contributed by atoms with Crippen molar-refractivity contribution in [3.05, 3.63) is 29.8 Å². The van der Waals surface area contributed by atoms with E-state index in [-0.39, 0.29) is 11.5 Å². The number of rotatable bonds is 3. The molecule has 6 heteroatoms. The molecule has 0 aromatic heterocycles. The Hall–Kier alpha value is -2.08. The highest BCUT2D eigenvalue weighted by molar-refractivity contribution is 6.09. The maximum atomic E-state index is 13.5. The number of carbonyl (C=O) groups is 2. The largest absolute Gasteiger partial charge is 0.450 e. The van der Waals surface area contributed by atoms with E-state index in [1.807, 2.05) is 11.8 Å². The number of anilines is 1. The Morgan fingerprint density at radius 1 is 1.03 bits per heavy atom. The number of fused-ring (bicyclic) bond motifs is 2. The topological polar surface area (TPSA) is 53.1 Å². The molecule has 2 amide bonds. The zero-order valence-corrected chi connectivity index (χ0v) is 18.0. The van der Waals surface area contributed by atoms with Gasteiger partial charge in [-0.15, -0.1) is 0 Å². The Morgan fingerprint density at radius 2 is 1.70 bits per heavy atom. The third-order valence-electron chi connectivity index (χ3n) is 7.89. The van der Waals surface area contributed by atoms with Gasteiger partial charge in [0.2, 0.25) is 5.91 Å². The van der Waals surface area contributed by atoms with Crippen molar-refractivity contribution in [3.63, 3.8) is 0 Å². The zero-order valence-electron chi connectivity index (χ0n) is 18.0. The van der Waals surface area contributed by atoms with Gasteiger partial charge in [0.05, 0.1) is 12.0 Å². The predicted molar refractivity (Wildman–Crippen MR) is 116 cm³/mol. The van der Waals surface area contributed by atoms with Crippen molar-refractivity contribution in [2.75, 3.05) is 37.7 Å². The van der Waals surface area contributed by atoms with Crippen molar-refractivity contribution in [3.8, 4) is 0 Å². The summed E-state index contributed by atoms with van der Waals surface area (Å²) < 4.78 is 5.14. The second-order valence-corrected chi connectivity index (χ2v) is 9.31. The van der Waals surface area contributed by atoms with Crippen LogP contribution in [0, 0.1) is 0 Å². The fourth-order valence-electron chi connectivity index (χ4n) is 6.06. The molecule has 6 nitrogen and oxygen atoms in total. The number of para-hydroxylation sites is 1. The minimum atomic E-state index is -0.215. The van der Waals surface area contributed by atoms with Crippen LogP contribution >= 0.6 is 0 Å². The second-order valence-electron chi connectivity index (χ2n) is 9.31. The van der Waals surface area contributed by atoms with Gasteiger partial charge in [-0.25, -0.2) is 4.79 Å². The lowest BCUT2D eigenvalue weighted by Gasteiger charge is -2.44. The molecule has 0 N–H and O–H groups in total. The molecule has 3 heterocycles. The number of hydrogen-bond donors (Lipinski definition) is 0. The van der Waals surface area contributed by atoms with E-state index in [1.165, 1.54) is 11.3 Å². The fourth-order valence-corrected chi connectivity index (χ4v) is 6.06. The van der Waals surface area contributed by atoms with E-state index >= 15 is 0 Å². The molecular weight excluding hydrogens is 378 g/mol.